The lowest BCUT2D eigenvalue weighted by molar-refractivity contribution is -0.123. The normalized spacial score (nSPS) is 42.7. The molecule has 2 rings (SSSR count). The molecule has 0 aromatic carbocycles. The van der Waals surface area contributed by atoms with Gasteiger partial charge in [0.1, 0.15) is 0 Å². The molecule has 4 nitrogen and oxygen atoms in total. The van der Waals surface area contributed by atoms with E-state index < -0.39 is 0 Å². The van der Waals surface area contributed by atoms with E-state index in [1.165, 1.54) is 0 Å². The van der Waals surface area contributed by atoms with E-state index in [0.717, 1.165) is 19.4 Å². The largest absolute Gasteiger partial charge is 0.356 e. The highest BCUT2D eigenvalue weighted by Gasteiger charge is 2.60. The van der Waals surface area contributed by atoms with Crippen molar-refractivity contribution in [1.29, 1.82) is 0 Å². The van der Waals surface area contributed by atoms with Crippen LogP contribution < -0.4 is 10.7 Å². The summed E-state index contributed by atoms with van der Waals surface area (Å²) in [4.78, 5) is 11.2. The molecule has 0 radical (unpaired) electrons. The monoisotopic (exact) mass is 141 g/mol. The highest BCUT2D eigenvalue weighted by Crippen LogP contribution is 2.36. The number of likely N-dealkylation sites (N-methyl/N-ethyl adjacent to an activating group) is 1. The molecule has 2 heterocycles. The van der Waals surface area contributed by atoms with Gasteiger partial charge in [-0.3, -0.25) is 4.79 Å². The number of hydrogen-bond donors (Lipinski definition) is 2. The molecule has 56 valence electrons. The second-order valence-corrected chi connectivity index (χ2v) is 2.81. The van der Waals surface area contributed by atoms with Gasteiger partial charge in [0.25, 0.3) is 5.91 Å². The minimum atomic E-state index is -0.297. The van der Waals surface area contributed by atoms with Crippen molar-refractivity contribution in [2.45, 2.75) is 18.5 Å². The van der Waals surface area contributed by atoms with Crippen molar-refractivity contribution >= 4 is 5.91 Å². The Labute approximate surface area is 59.5 Å². The molecule has 1 unspecified atom stereocenters. The summed E-state index contributed by atoms with van der Waals surface area (Å²) in [5.41, 5.74) is 2.76. The van der Waals surface area contributed by atoms with Crippen LogP contribution in [0.1, 0.15) is 12.8 Å². The van der Waals surface area contributed by atoms with Crippen LogP contribution in [0.4, 0.5) is 0 Å². The summed E-state index contributed by atoms with van der Waals surface area (Å²) in [6.45, 7) is 1.01. The third kappa shape index (κ3) is 0.552. The smallest absolute Gasteiger partial charge is 0.257 e. The molecule has 2 aliphatic heterocycles. The second-order valence-electron chi connectivity index (χ2n) is 2.81. The number of fused-ring (bicyclic) bond motifs is 1. The third-order valence-corrected chi connectivity index (χ3v) is 2.25. The van der Waals surface area contributed by atoms with Gasteiger partial charge < -0.3 is 5.32 Å². The number of carbonyl (C=O) groups excluding carboxylic acids is 1. The van der Waals surface area contributed by atoms with Crippen LogP contribution in [-0.2, 0) is 4.79 Å². The molecule has 0 bridgehead atoms. The van der Waals surface area contributed by atoms with Gasteiger partial charge in [-0.1, -0.05) is 0 Å². The number of hydrazine groups is 1. The summed E-state index contributed by atoms with van der Waals surface area (Å²) in [6, 6.07) is 0. The molecule has 0 spiro atoms. The first kappa shape index (κ1) is 6.12. The van der Waals surface area contributed by atoms with Crippen LogP contribution in [0.3, 0.4) is 0 Å². The van der Waals surface area contributed by atoms with Crippen molar-refractivity contribution in [1.82, 2.24) is 15.8 Å². The molecule has 0 aromatic heterocycles. The fourth-order valence-electron chi connectivity index (χ4n) is 1.62. The Morgan fingerprint density at radius 1 is 1.80 bits per heavy atom. The molecule has 10 heavy (non-hydrogen) atoms. The maximum Gasteiger partial charge on any atom is 0.257 e. The van der Waals surface area contributed by atoms with Gasteiger partial charge in [0.05, 0.1) is 0 Å². The van der Waals surface area contributed by atoms with E-state index in [-0.39, 0.29) is 11.6 Å². The van der Waals surface area contributed by atoms with Gasteiger partial charge in [0.15, 0.2) is 5.66 Å². The van der Waals surface area contributed by atoms with Gasteiger partial charge in [-0.2, -0.15) is 0 Å². The first-order valence-corrected chi connectivity index (χ1v) is 3.57. The number of nitrogens with zero attached hydrogens (tertiary/aromatic N) is 1. The van der Waals surface area contributed by atoms with Gasteiger partial charge in [-0.25, -0.2) is 10.4 Å². The van der Waals surface area contributed by atoms with E-state index in [1.54, 1.807) is 7.05 Å². The summed E-state index contributed by atoms with van der Waals surface area (Å²) in [5, 5.41) is 4.64. The lowest BCUT2D eigenvalue weighted by atomic mass is 10.1. The highest BCUT2D eigenvalue weighted by molar-refractivity contribution is 5.88. The Balaban J connectivity index is 2.11. The van der Waals surface area contributed by atoms with Gasteiger partial charge in [0.2, 0.25) is 0 Å². The molecule has 2 fully saturated rings. The highest BCUT2D eigenvalue weighted by atomic mass is 16.2. The Bertz CT molecular complexity index is 182. The van der Waals surface area contributed by atoms with E-state index in [4.69, 9.17) is 0 Å². The maximum absolute atomic E-state index is 11.2. The molecule has 1 amide bonds. The molecule has 0 aromatic rings. The fraction of sp³-hybridized carbons (Fsp3) is 0.833. The van der Waals surface area contributed by atoms with Crippen molar-refractivity contribution in [3.63, 3.8) is 0 Å². The summed E-state index contributed by atoms with van der Waals surface area (Å²) in [6.07, 6.45) is 2.08. The van der Waals surface area contributed by atoms with Gasteiger partial charge in [-0.15, -0.1) is 0 Å². The van der Waals surface area contributed by atoms with Crippen LogP contribution in [-0.4, -0.2) is 30.2 Å². The number of rotatable bonds is 1. The average Bonchev–Trinajstić information content (AvgIpc) is 2.54. The lowest BCUT2D eigenvalue weighted by Gasteiger charge is -2.04. The summed E-state index contributed by atoms with van der Waals surface area (Å²) in [5.74, 6) is 0.102. The Morgan fingerprint density at radius 3 is 3.00 bits per heavy atom. The van der Waals surface area contributed by atoms with E-state index in [0.29, 0.717) is 0 Å². The zero-order chi connectivity index (χ0) is 7.19. The van der Waals surface area contributed by atoms with Crippen LogP contribution in [0.15, 0.2) is 0 Å². The van der Waals surface area contributed by atoms with Crippen LogP contribution in [0.25, 0.3) is 0 Å². The van der Waals surface area contributed by atoms with Crippen LogP contribution in [0.5, 0.6) is 0 Å². The first-order valence-electron chi connectivity index (χ1n) is 3.57. The Hall–Kier alpha value is -0.610. The number of hydrogen-bond acceptors (Lipinski definition) is 3. The quantitative estimate of drug-likeness (QED) is 0.462. The number of carbonyl (C=O) groups is 1. The number of amides is 1. The molecule has 2 atom stereocenters. The van der Waals surface area contributed by atoms with E-state index in [9.17, 15) is 4.79 Å². The Morgan fingerprint density at radius 2 is 2.60 bits per heavy atom. The standard InChI is InChI=1S/C6H11N3O/c1-7-5(10)6-3-2-4-9(6)8-6/h8H,2-4H2,1H3,(H,7,10)/t6-,9?/m1/s1. The second kappa shape index (κ2) is 1.71. The lowest BCUT2D eigenvalue weighted by Crippen LogP contribution is -2.37. The topological polar surface area (TPSA) is 54.0 Å². The molecule has 2 N–H and O–H groups in total. The Kier molecular flexibility index (Phi) is 1.04. The van der Waals surface area contributed by atoms with Crippen LogP contribution >= 0.6 is 0 Å². The van der Waals surface area contributed by atoms with Gasteiger partial charge in [0, 0.05) is 13.6 Å². The van der Waals surface area contributed by atoms with Gasteiger partial charge >= 0.3 is 0 Å². The molecular weight excluding hydrogens is 130 g/mol. The van der Waals surface area contributed by atoms with Crippen molar-refractivity contribution in [2.75, 3.05) is 13.6 Å². The van der Waals surface area contributed by atoms with E-state index >= 15 is 0 Å². The predicted molar refractivity (Wildman–Crippen MR) is 35.9 cm³/mol. The number of nitrogens with one attached hydrogen (secondary N) is 2. The van der Waals surface area contributed by atoms with Crippen molar-refractivity contribution in [2.24, 2.45) is 0 Å². The zero-order valence-electron chi connectivity index (χ0n) is 5.98. The predicted octanol–water partition coefficient (Wildman–Crippen LogP) is -0.957. The zero-order valence-corrected chi connectivity index (χ0v) is 5.98. The van der Waals surface area contributed by atoms with E-state index in [2.05, 4.69) is 10.7 Å². The van der Waals surface area contributed by atoms with E-state index in [1.807, 2.05) is 5.01 Å². The summed E-state index contributed by atoms with van der Waals surface area (Å²) in [7, 11) is 1.67. The fourth-order valence-corrected chi connectivity index (χ4v) is 1.62. The van der Waals surface area contributed by atoms with Gasteiger partial charge in [-0.05, 0) is 12.8 Å². The van der Waals surface area contributed by atoms with Crippen LogP contribution in [0, 0.1) is 0 Å². The molecule has 0 saturated carbocycles. The summed E-state index contributed by atoms with van der Waals surface area (Å²) < 4.78 is 0. The van der Waals surface area contributed by atoms with Crippen molar-refractivity contribution in [3.05, 3.63) is 0 Å². The molecule has 4 heteroatoms. The SMILES string of the molecule is CNC(=O)[C@@]12CCCN1N2. The van der Waals surface area contributed by atoms with Crippen molar-refractivity contribution < 1.29 is 4.79 Å². The van der Waals surface area contributed by atoms with Crippen LogP contribution in [0.2, 0.25) is 0 Å². The first-order chi connectivity index (χ1) is 4.79. The molecule has 2 aliphatic rings. The summed E-state index contributed by atoms with van der Waals surface area (Å²) >= 11 is 0. The van der Waals surface area contributed by atoms with Crippen molar-refractivity contribution in [3.8, 4) is 0 Å². The third-order valence-electron chi connectivity index (χ3n) is 2.25. The minimum Gasteiger partial charge on any atom is -0.356 e. The molecule has 2 saturated heterocycles. The minimum absolute atomic E-state index is 0.102. The average molecular weight is 141 g/mol. The molecular formula is C6H11N3O. The maximum atomic E-state index is 11.2. The molecule has 0 aliphatic carbocycles.